The largest absolute Gasteiger partial charge is 0.352 e. The molecule has 0 radical (unpaired) electrons. The number of carbonyl (C=O) groups excluding carboxylic acids is 3. The maximum absolute atomic E-state index is 12.3. The van der Waals surface area contributed by atoms with E-state index in [-0.39, 0.29) is 30.3 Å². The first-order valence-corrected chi connectivity index (χ1v) is 8.22. The van der Waals surface area contributed by atoms with Crippen LogP contribution in [0.3, 0.4) is 0 Å². The van der Waals surface area contributed by atoms with Gasteiger partial charge in [0.15, 0.2) is 0 Å². The van der Waals surface area contributed by atoms with Crippen LogP contribution in [0.15, 0.2) is 24.3 Å². The summed E-state index contributed by atoms with van der Waals surface area (Å²) in [5.74, 6) is -1.17. The Morgan fingerprint density at radius 3 is 2.08 bits per heavy atom. The van der Waals surface area contributed by atoms with Crippen LogP contribution in [0.25, 0.3) is 0 Å². The fraction of sp³-hybridized carbons (Fsp3) is 0.471. The summed E-state index contributed by atoms with van der Waals surface area (Å²) in [5.41, 5.74) is 0.412. The van der Waals surface area contributed by atoms with Gasteiger partial charge in [0.2, 0.25) is 11.8 Å². The molecule has 0 aliphatic heterocycles. The molecule has 3 amide bonds. The van der Waals surface area contributed by atoms with Gasteiger partial charge < -0.3 is 16.0 Å². The van der Waals surface area contributed by atoms with Crippen molar-refractivity contribution in [3.05, 3.63) is 34.9 Å². The van der Waals surface area contributed by atoms with E-state index in [0.717, 1.165) is 0 Å². The summed E-state index contributed by atoms with van der Waals surface area (Å²) < 4.78 is 0. The number of amides is 3. The number of hydrogen-bond acceptors (Lipinski definition) is 3. The summed E-state index contributed by atoms with van der Waals surface area (Å²) in [6, 6.07) is 5.65. The minimum Gasteiger partial charge on any atom is -0.352 e. The van der Waals surface area contributed by atoms with Gasteiger partial charge in [-0.3, -0.25) is 14.4 Å². The summed E-state index contributed by atoms with van der Waals surface area (Å²) in [5, 5.41) is 8.45. The van der Waals surface area contributed by atoms with E-state index < -0.39 is 11.9 Å². The quantitative estimate of drug-likeness (QED) is 0.697. The van der Waals surface area contributed by atoms with Crippen molar-refractivity contribution in [2.45, 2.75) is 39.8 Å². The van der Waals surface area contributed by atoms with Crippen molar-refractivity contribution >= 4 is 29.3 Å². The molecule has 24 heavy (non-hydrogen) atoms. The molecule has 0 fully saturated rings. The van der Waals surface area contributed by atoms with Crippen LogP contribution in [-0.2, 0) is 9.59 Å². The number of rotatable bonds is 7. The van der Waals surface area contributed by atoms with E-state index in [9.17, 15) is 14.4 Å². The number of hydrogen-bond donors (Lipinski definition) is 3. The summed E-state index contributed by atoms with van der Waals surface area (Å²) >= 11 is 5.80. The molecule has 1 aromatic rings. The van der Waals surface area contributed by atoms with E-state index in [1.54, 1.807) is 24.3 Å². The van der Waals surface area contributed by atoms with E-state index in [1.807, 2.05) is 27.7 Å². The molecular weight excluding hydrogens is 330 g/mol. The van der Waals surface area contributed by atoms with E-state index in [1.165, 1.54) is 0 Å². The predicted molar refractivity (Wildman–Crippen MR) is 93.8 cm³/mol. The summed E-state index contributed by atoms with van der Waals surface area (Å²) in [4.78, 5) is 36.1. The Labute approximate surface area is 147 Å². The van der Waals surface area contributed by atoms with Gasteiger partial charge in [0.25, 0.3) is 5.91 Å². The fourth-order valence-electron chi connectivity index (χ4n) is 2.01. The van der Waals surface area contributed by atoms with Gasteiger partial charge in [-0.2, -0.15) is 0 Å². The number of nitrogens with one attached hydrogen (secondary N) is 3. The third-order valence-electron chi connectivity index (χ3n) is 3.21. The molecule has 6 nitrogen and oxygen atoms in total. The zero-order valence-electron chi connectivity index (χ0n) is 14.4. The maximum Gasteiger partial charge on any atom is 0.251 e. The topological polar surface area (TPSA) is 87.3 Å². The zero-order chi connectivity index (χ0) is 18.3. The Balaban J connectivity index is 2.65. The highest BCUT2D eigenvalue weighted by Crippen LogP contribution is 2.10. The first-order valence-electron chi connectivity index (χ1n) is 7.84. The lowest BCUT2D eigenvalue weighted by Gasteiger charge is -2.22. The number of carbonyl (C=O) groups is 3. The minimum atomic E-state index is -0.736. The highest BCUT2D eigenvalue weighted by atomic mass is 35.5. The molecule has 132 valence electrons. The second-order valence-corrected chi connectivity index (χ2v) is 6.58. The highest BCUT2D eigenvalue weighted by Gasteiger charge is 2.25. The van der Waals surface area contributed by atoms with Crippen LogP contribution in [0.4, 0.5) is 0 Å². The van der Waals surface area contributed by atoms with Crippen LogP contribution in [0.5, 0.6) is 0 Å². The van der Waals surface area contributed by atoms with Crippen LogP contribution in [0.1, 0.15) is 38.1 Å². The molecule has 1 aromatic carbocycles. The lowest BCUT2D eigenvalue weighted by molar-refractivity contribution is -0.128. The molecule has 0 spiro atoms. The van der Waals surface area contributed by atoms with E-state index in [0.29, 0.717) is 10.6 Å². The van der Waals surface area contributed by atoms with E-state index >= 15 is 0 Å². The smallest absolute Gasteiger partial charge is 0.251 e. The Morgan fingerprint density at radius 1 is 1.00 bits per heavy atom. The standard InChI is InChI=1S/C17H24ClN3O3/c1-10(2)15(17(24)19-9-14(22)20-11(3)4)21-16(23)12-5-7-13(18)8-6-12/h5-8,10-11,15H,9H2,1-4H3,(H,19,24)(H,20,22)(H,21,23). The normalized spacial score (nSPS) is 12.0. The third-order valence-corrected chi connectivity index (χ3v) is 3.47. The Morgan fingerprint density at radius 2 is 1.58 bits per heavy atom. The number of benzene rings is 1. The second-order valence-electron chi connectivity index (χ2n) is 6.14. The Bertz CT molecular complexity index is 585. The maximum atomic E-state index is 12.3. The van der Waals surface area contributed by atoms with Gasteiger partial charge in [-0.1, -0.05) is 25.4 Å². The van der Waals surface area contributed by atoms with Crippen molar-refractivity contribution in [1.82, 2.24) is 16.0 Å². The van der Waals surface area contributed by atoms with Gasteiger partial charge >= 0.3 is 0 Å². The lowest BCUT2D eigenvalue weighted by Crippen LogP contribution is -2.51. The molecule has 0 aliphatic rings. The highest BCUT2D eigenvalue weighted by molar-refractivity contribution is 6.30. The van der Waals surface area contributed by atoms with Crippen LogP contribution >= 0.6 is 11.6 Å². The molecular formula is C17H24ClN3O3. The second kappa shape index (κ2) is 9.27. The Hall–Kier alpha value is -2.08. The van der Waals surface area contributed by atoms with Crippen molar-refractivity contribution in [1.29, 1.82) is 0 Å². The van der Waals surface area contributed by atoms with Crippen molar-refractivity contribution < 1.29 is 14.4 Å². The van der Waals surface area contributed by atoms with E-state index in [4.69, 9.17) is 11.6 Å². The van der Waals surface area contributed by atoms with Crippen molar-refractivity contribution in [3.8, 4) is 0 Å². The fourth-order valence-corrected chi connectivity index (χ4v) is 2.14. The molecule has 1 unspecified atom stereocenters. The molecule has 0 aliphatic carbocycles. The first kappa shape index (κ1) is 20.0. The zero-order valence-corrected chi connectivity index (χ0v) is 15.1. The molecule has 0 saturated heterocycles. The average Bonchev–Trinajstić information content (AvgIpc) is 2.49. The predicted octanol–water partition coefficient (Wildman–Crippen LogP) is 1.74. The van der Waals surface area contributed by atoms with Crippen LogP contribution < -0.4 is 16.0 Å². The molecule has 0 saturated carbocycles. The average molecular weight is 354 g/mol. The molecule has 7 heteroatoms. The van der Waals surface area contributed by atoms with Gasteiger partial charge in [0.05, 0.1) is 6.54 Å². The molecule has 0 bridgehead atoms. The molecule has 1 atom stereocenters. The SMILES string of the molecule is CC(C)NC(=O)CNC(=O)C(NC(=O)c1ccc(Cl)cc1)C(C)C. The van der Waals surface area contributed by atoms with Gasteiger partial charge in [0, 0.05) is 16.6 Å². The van der Waals surface area contributed by atoms with Crippen molar-refractivity contribution in [3.63, 3.8) is 0 Å². The van der Waals surface area contributed by atoms with Crippen LogP contribution in [-0.4, -0.2) is 36.3 Å². The molecule has 0 aromatic heterocycles. The van der Waals surface area contributed by atoms with Crippen LogP contribution in [0, 0.1) is 5.92 Å². The monoisotopic (exact) mass is 353 g/mol. The van der Waals surface area contributed by atoms with Crippen LogP contribution in [0.2, 0.25) is 5.02 Å². The van der Waals surface area contributed by atoms with Crippen molar-refractivity contribution in [2.75, 3.05) is 6.54 Å². The number of halogens is 1. The van der Waals surface area contributed by atoms with Crippen molar-refractivity contribution in [2.24, 2.45) is 5.92 Å². The molecule has 3 N–H and O–H groups in total. The Kier molecular flexibility index (Phi) is 7.71. The first-order chi connectivity index (χ1) is 11.2. The minimum absolute atomic E-state index is 0.0000878. The summed E-state index contributed by atoms with van der Waals surface area (Å²) in [7, 11) is 0. The van der Waals surface area contributed by atoms with Gasteiger partial charge in [-0.25, -0.2) is 0 Å². The van der Waals surface area contributed by atoms with Gasteiger partial charge in [-0.05, 0) is 44.0 Å². The summed E-state index contributed by atoms with van der Waals surface area (Å²) in [6.07, 6.45) is 0. The summed E-state index contributed by atoms with van der Waals surface area (Å²) in [6.45, 7) is 7.18. The molecule has 0 heterocycles. The van der Waals surface area contributed by atoms with Gasteiger partial charge in [-0.15, -0.1) is 0 Å². The third kappa shape index (κ3) is 6.58. The van der Waals surface area contributed by atoms with Gasteiger partial charge in [0.1, 0.15) is 6.04 Å². The van der Waals surface area contributed by atoms with E-state index in [2.05, 4.69) is 16.0 Å². The lowest BCUT2D eigenvalue weighted by atomic mass is 10.0. The molecule has 1 rings (SSSR count).